The normalized spacial score (nSPS) is 15.8. The molecule has 5 heteroatoms. The minimum absolute atomic E-state index is 0.169. The molecule has 112 valence electrons. The van der Waals surface area contributed by atoms with E-state index < -0.39 is 11.7 Å². The van der Waals surface area contributed by atoms with Gasteiger partial charge in [-0.3, -0.25) is 4.90 Å². The van der Waals surface area contributed by atoms with Crippen molar-refractivity contribution in [2.24, 2.45) is 0 Å². The van der Waals surface area contributed by atoms with E-state index in [2.05, 4.69) is 4.90 Å². The molecule has 1 aromatic rings. The summed E-state index contributed by atoms with van der Waals surface area (Å²) in [5, 5.41) is 8.81. The van der Waals surface area contributed by atoms with Crippen LogP contribution in [0.15, 0.2) is 24.3 Å². The van der Waals surface area contributed by atoms with Crippen LogP contribution < -0.4 is 0 Å². The lowest BCUT2D eigenvalue weighted by Gasteiger charge is -2.22. The van der Waals surface area contributed by atoms with E-state index in [0.29, 0.717) is 18.2 Å². The number of rotatable bonds is 7. The highest BCUT2D eigenvalue weighted by Crippen LogP contribution is 2.31. The Morgan fingerprint density at radius 3 is 2.55 bits per heavy atom. The van der Waals surface area contributed by atoms with Crippen LogP contribution in [0.5, 0.6) is 0 Å². The summed E-state index contributed by atoms with van der Waals surface area (Å²) >= 11 is 0. The van der Waals surface area contributed by atoms with Crippen LogP contribution >= 0.6 is 0 Å². The molecule has 0 atom stereocenters. The van der Waals surface area contributed by atoms with Gasteiger partial charge in [0.1, 0.15) is 0 Å². The second-order valence-electron chi connectivity index (χ2n) is 5.33. The van der Waals surface area contributed by atoms with Crippen LogP contribution in [0, 0.1) is 0 Å². The van der Waals surface area contributed by atoms with E-state index in [0.717, 1.165) is 38.3 Å². The van der Waals surface area contributed by atoms with Crippen molar-refractivity contribution in [2.75, 3.05) is 13.2 Å². The van der Waals surface area contributed by atoms with Gasteiger partial charge in [-0.15, -0.1) is 0 Å². The molecule has 2 nitrogen and oxygen atoms in total. The Labute approximate surface area is 117 Å². The Hall–Kier alpha value is -1.07. The van der Waals surface area contributed by atoms with E-state index in [-0.39, 0.29) is 6.61 Å². The number of unbranched alkanes of at least 4 members (excludes halogenated alkanes) is 1. The maximum absolute atomic E-state index is 12.7. The summed E-state index contributed by atoms with van der Waals surface area (Å²) in [6, 6.07) is 6.06. The van der Waals surface area contributed by atoms with Gasteiger partial charge in [0.2, 0.25) is 0 Å². The Bertz CT molecular complexity index is 429. The number of aliphatic hydroxyl groups is 1. The molecule has 0 spiro atoms. The zero-order valence-electron chi connectivity index (χ0n) is 11.4. The topological polar surface area (TPSA) is 23.5 Å². The van der Waals surface area contributed by atoms with Gasteiger partial charge >= 0.3 is 6.18 Å². The van der Waals surface area contributed by atoms with Crippen molar-refractivity contribution in [3.63, 3.8) is 0 Å². The fourth-order valence-corrected chi connectivity index (χ4v) is 2.34. The van der Waals surface area contributed by atoms with E-state index in [1.165, 1.54) is 12.1 Å². The number of hydrogen-bond acceptors (Lipinski definition) is 2. The first-order valence-electron chi connectivity index (χ1n) is 7.02. The number of hydrogen-bond donors (Lipinski definition) is 1. The minimum Gasteiger partial charge on any atom is -0.396 e. The number of aliphatic hydroxyl groups excluding tert-OH is 1. The lowest BCUT2D eigenvalue weighted by atomic mass is 10.1. The zero-order chi connectivity index (χ0) is 14.6. The summed E-state index contributed by atoms with van der Waals surface area (Å²) in [7, 11) is 0. The van der Waals surface area contributed by atoms with Crippen molar-refractivity contribution in [3.8, 4) is 0 Å². The van der Waals surface area contributed by atoms with Gasteiger partial charge in [0, 0.05) is 19.2 Å². The highest BCUT2D eigenvalue weighted by atomic mass is 19.4. The predicted molar refractivity (Wildman–Crippen MR) is 71.2 cm³/mol. The van der Waals surface area contributed by atoms with Gasteiger partial charge < -0.3 is 5.11 Å². The van der Waals surface area contributed by atoms with E-state index in [9.17, 15) is 13.2 Å². The average molecular weight is 287 g/mol. The summed E-state index contributed by atoms with van der Waals surface area (Å²) in [5.74, 6) is 0. The molecule has 1 fully saturated rings. The van der Waals surface area contributed by atoms with Gasteiger partial charge in [0.05, 0.1) is 5.56 Å². The fraction of sp³-hybridized carbons (Fsp3) is 0.600. The van der Waals surface area contributed by atoms with E-state index in [4.69, 9.17) is 5.11 Å². The van der Waals surface area contributed by atoms with Gasteiger partial charge in [-0.1, -0.05) is 18.2 Å². The smallest absolute Gasteiger partial charge is 0.396 e. The van der Waals surface area contributed by atoms with Gasteiger partial charge in [0.15, 0.2) is 0 Å². The van der Waals surface area contributed by atoms with Crippen molar-refractivity contribution in [1.82, 2.24) is 4.90 Å². The summed E-state index contributed by atoms with van der Waals surface area (Å²) in [5.41, 5.74) is 0.122. The largest absolute Gasteiger partial charge is 0.416 e. The first kappa shape index (κ1) is 15.3. The molecular weight excluding hydrogens is 267 g/mol. The molecule has 20 heavy (non-hydrogen) atoms. The molecule has 1 N–H and O–H groups in total. The molecule has 0 radical (unpaired) electrons. The quantitative estimate of drug-likeness (QED) is 0.777. The van der Waals surface area contributed by atoms with Crippen LogP contribution in [-0.4, -0.2) is 29.2 Å². The number of benzene rings is 1. The second-order valence-corrected chi connectivity index (χ2v) is 5.33. The lowest BCUT2D eigenvalue weighted by Crippen LogP contribution is -2.27. The van der Waals surface area contributed by atoms with E-state index in [1.54, 1.807) is 6.07 Å². The maximum atomic E-state index is 12.7. The van der Waals surface area contributed by atoms with Crippen LogP contribution in [0.1, 0.15) is 36.8 Å². The van der Waals surface area contributed by atoms with Crippen molar-refractivity contribution in [2.45, 2.75) is 44.4 Å². The fourth-order valence-electron chi connectivity index (χ4n) is 2.34. The predicted octanol–water partition coefficient (Wildman–Crippen LogP) is 3.44. The zero-order valence-corrected chi connectivity index (χ0v) is 11.4. The van der Waals surface area contributed by atoms with Gasteiger partial charge in [-0.25, -0.2) is 0 Å². The highest BCUT2D eigenvalue weighted by Gasteiger charge is 2.31. The molecule has 1 aromatic carbocycles. The third-order valence-electron chi connectivity index (χ3n) is 3.56. The molecule has 0 aromatic heterocycles. The highest BCUT2D eigenvalue weighted by molar-refractivity contribution is 5.25. The van der Waals surface area contributed by atoms with Gasteiger partial charge in [-0.2, -0.15) is 13.2 Å². The standard InChI is InChI=1S/C15H20F3NO/c16-15(17,18)13-5-3-4-12(10-13)11-19(14-6-7-14)8-1-2-9-20/h3-5,10,14,20H,1-2,6-9,11H2. The first-order chi connectivity index (χ1) is 9.50. The molecule has 2 rings (SSSR count). The van der Waals surface area contributed by atoms with E-state index >= 15 is 0 Å². The molecular formula is C15H20F3NO. The lowest BCUT2D eigenvalue weighted by molar-refractivity contribution is -0.137. The molecule has 1 aliphatic rings. The number of halogens is 3. The van der Waals surface area contributed by atoms with Crippen LogP contribution in [0.3, 0.4) is 0 Å². The number of nitrogens with zero attached hydrogens (tertiary/aromatic N) is 1. The van der Waals surface area contributed by atoms with Crippen molar-refractivity contribution in [3.05, 3.63) is 35.4 Å². The third-order valence-corrected chi connectivity index (χ3v) is 3.56. The van der Waals surface area contributed by atoms with Crippen molar-refractivity contribution in [1.29, 1.82) is 0 Å². The molecule has 1 aliphatic carbocycles. The van der Waals surface area contributed by atoms with Crippen LogP contribution in [-0.2, 0) is 12.7 Å². The SMILES string of the molecule is OCCCCN(Cc1cccc(C(F)(F)F)c1)C1CC1. The molecule has 0 unspecified atom stereocenters. The summed E-state index contributed by atoms with van der Waals surface area (Å²) in [4.78, 5) is 2.23. The Balaban J connectivity index is 1.99. The second kappa shape index (κ2) is 6.59. The monoisotopic (exact) mass is 287 g/mol. The Kier molecular flexibility index (Phi) is 5.05. The van der Waals surface area contributed by atoms with E-state index in [1.807, 2.05) is 0 Å². The molecule has 0 amide bonds. The Morgan fingerprint density at radius 2 is 1.95 bits per heavy atom. The Morgan fingerprint density at radius 1 is 1.20 bits per heavy atom. The molecule has 1 saturated carbocycles. The average Bonchev–Trinajstić information content (AvgIpc) is 3.21. The van der Waals surface area contributed by atoms with Crippen LogP contribution in [0.4, 0.5) is 13.2 Å². The van der Waals surface area contributed by atoms with Crippen LogP contribution in [0.2, 0.25) is 0 Å². The van der Waals surface area contributed by atoms with Gasteiger partial charge in [-0.05, 0) is 43.9 Å². The molecule has 0 bridgehead atoms. The molecule has 0 saturated heterocycles. The van der Waals surface area contributed by atoms with Gasteiger partial charge in [0.25, 0.3) is 0 Å². The first-order valence-corrected chi connectivity index (χ1v) is 7.02. The summed E-state index contributed by atoms with van der Waals surface area (Å²) < 4.78 is 38.0. The van der Waals surface area contributed by atoms with Crippen LogP contribution in [0.25, 0.3) is 0 Å². The molecule has 0 aliphatic heterocycles. The summed E-state index contributed by atoms with van der Waals surface area (Å²) in [6.45, 7) is 1.56. The number of alkyl halides is 3. The minimum atomic E-state index is -4.28. The summed E-state index contributed by atoms with van der Waals surface area (Å²) in [6.07, 6.45) is -0.411. The third kappa shape index (κ3) is 4.49. The van der Waals surface area contributed by atoms with Crippen molar-refractivity contribution < 1.29 is 18.3 Å². The maximum Gasteiger partial charge on any atom is 0.416 e. The molecule has 0 heterocycles. The van der Waals surface area contributed by atoms with Crippen molar-refractivity contribution >= 4 is 0 Å².